The lowest BCUT2D eigenvalue weighted by molar-refractivity contribution is -0.875. The third-order valence-electron chi connectivity index (χ3n) is 2.81. The van der Waals surface area contributed by atoms with Gasteiger partial charge in [0.05, 0.1) is 21.1 Å². The van der Waals surface area contributed by atoms with Crippen molar-refractivity contribution in [3.63, 3.8) is 0 Å². The third-order valence-corrected chi connectivity index (χ3v) is 2.81. The molecule has 0 saturated heterocycles. The highest BCUT2D eigenvalue weighted by Crippen LogP contribution is 2.15. The Morgan fingerprint density at radius 2 is 1.60 bits per heavy atom. The van der Waals surface area contributed by atoms with Crippen LogP contribution in [0.4, 0.5) is 0 Å². The maximum absolute atomic E-state index is 11.1. The molecule has 11 heteroatoms. The fourth-order valence-corrected chi connectivity index (χ4v) is 1.72. The van der Waals surface area contributed by atoms with E-state index in [1.165, 1.54) is 6.92 Å². The number of halogens is 1. The summed E-state index contributed by atoms with van der Waals surface area (Å²) in [6, 6.07) is -1.06. The summed E-state index contributed by atoms with van der Waals surface area (Å²) < 4.78 is 0.309. The fourth-order valence-electron chi connectivity index (χ4n) is 1.72. The van der Waals surface area contributed by atoms with Crippen molar-refractivity contribution < 1.29 is 44.1 Å². The molecule has 0 spiro atoms. The minimum Gasteiger partial charge on any atom is -0.550 e. The van der Waals surface area contributed by atoms with Crippen LogP contribution in [0.15, 0.2) is 0 Å². The molecular formula is C14H27ClN2O8. The Morgan fingerprint density at radius 1 is 1.16 bits per heavy atom. The molecule has 0 saturated carbocycles. The van der Waals surface area contributed by atoms with Crippen molar-refractivity contribution in [2.24, 2.45) is 5.73 Å². The molecular weight excluding hydrogens is 360 g/mol. The minimum atomic E-state index is -1.82. The molecule has 25 heavy (non-hydrogen) atoms. The van der Waals surface area contributed by atoms with E-state index < -0.39 is 41.8 Å². The van der Waals surface area contributed by atoms with Gasteiger partial charge in [0.2, 0.25) is 0 Å². The molecule has 0 fully saturated rings. The van der Waals surface area contributed by atoms with Gasteiger partial charge in [-0.15, -0.1) is 12.4 Å². The predicted molar refractivity (Wildman–Crippen MR) is 87.9 cm³/mol. The number of carbonyl (C=O) groups is 4. The molecule has 0 aromatic rings. The Labute approximate surface area is 152 Å². The summed E-state index contributed by atoms with van der Waals surface area (Å²) in [6.07, 6.45) is -0.879. The number of carboxylic acids is 3. The molecule has 148 valence electrons. The summed E-state index contributed by atoms with van der Waals surface area (Å²) in [5, 5.41) is 36.5. The molecule has 10 nitrogen and oxygen atoms in total. The SMILES string of the molecule is CC(=O)[C@@](O)(CC(=O)[O-])C[N+](C)(C)C.Cl.N[C@@H](CCC(=O)O)C(=O)O. The maximum atomic E-state index is 11.1. The van der Waals surface area contributed by atoms with E-state index in [2.05, 4.69) is 0 Å². The van der Waals surface area contributed by atoms with Crippen LogP contribution in [-0.2, 0) is 19.2 Å². The van der Waals surface area contributed by atoms with Crippen LogP contribution < -0.4 is 10.8 Å². The number of ketones is 1. The molecule has 0 aliphatic rings. The Bertz CT molecular complexity index is 478. The molecule has 5 N–H and O–H groups in total. The predicted octanol–water partition coefficient (Wildman–Crippen LogP) is -2.16. The molecule has 0 radical (unpaired) electrons. The number of nitrogens with zero attached hydrogens (tertiary/aromatic N) is 1. The van der Waals surface area contributed by atoms with Crippen LogP contribution in [0.1, 0.15) is 26.2 Å². The summed E-state index contributed by atoms with van der Waals surface area (Å²) in [4.78, 5) is 41.4. The van der Waals surface area contributed by atoms with E-state index in [1.807, 2.05) is 0 Å². The van der Waals surface area contributed by atoms with E-state index in [0.29, 0.717) is 4.48 Å². The van der Waals surface area contributed by atoms with E-state index in [9.17, 15) is 29.4 Å². The lowest BCUT2D eigenvalue weighted by atomic mass is 9.94. The fraction of sp³-hybridized carbons (Fsp3) is 0.714. The Hall–Kier alpha value is -1.75. The first-order valence-corrected chi connectivity index (χ1v) is 7.04. The number of hydrogen-bond acceptors (Lipinski definition) is 7. The van der Waals surface area contributed by atoms with Gasteiger partial charge in [0.1, 0.15) is 12.6 Å². The Kier molecular flexibility index (Phi) is 13.2. The van der Waals surface area contributed by atoms with Gasteiger partial charge >= 0.3 is 11.9 Å². The first-order chi connectivity index (χ1) is 10.6. The van der Waals surface area contributed by atoms with Crippen LogP contribution in [0.2, 0.25) is 0 Å². The number of carbonyl (C=O) groups excluding carboxylic acids is 2. The van der Waals surface area contributed by atoms with Gasteiger partial charge < -0.3 is 35.4 Å². The van der Waals surface area contributed by atoms with Crippen molar-refractivity contribution in [3.8, 4) is 0 Å². The number of rotatable bonds is 9. The number of likely N-dealkylation sites (N-methyl/N-ethyl adjacent to an activating group) is 1. The second kappa shape index (κ2) is 11.7. The van der Waals surface area contributed by atoms with Crippen molar-refractivity contribution in [3.05, 3.63) is 0 Å². The van der Waals surface area contributed by atoms with Gasteiger partial charge in [0.15, 0.2) is 11.4 Å². The summed E-state index contributed by atoms with van der Waals surface area (Å²) in [6.45, 7) is 1.23. The normalized spacial score (nSPS) is 14.0. The molecule has 0 bridgehead atoms. The summed E-state index contributed by atoms with van der Waals surface area (Å²) in [5.74, 6) is -4.16. The molecule has 0 aliphatic carbocycles. The van der Waals surface area contributed by atoms with Gasteiger partial charge in [-0.1, -0.05) is 0 Å². The number of nitrogens with two attached hydrogens (primary N) is 1. The second-order valence-corrected chi connectivity index (χ2v) is 6.46. The van der Waals surface area contributed by atoms with Gasteiger partial charge in [-0.05, 0) is 13.3 Å². The maximum Gasteiger partial charge on any atom is 0.320 e. The second-order valence-electron chi connectivity index (χ2n) is 6.46. The molecule has 0 unspecified atom stereocenters. The zero-order valence-corrected chi connectivity index (χ0v) is 15.5. The highest BCUT2D eigenvalue weighted by molar-refractivity contribution is 5.88. The number of Topliss-reactive ketones (excluding diaryl/α,β-unsaturated/α-hetero) is 1. The van der Waals surface area contributed by atoms with Crippen LogP contribution in [-0.4, -0.2) is 82.8 Å². The third kappa shape index (κ3) is 15.5. The van der Waals surface area contributed by atoms with Crippen LogP contribution in [0.3, 0.4) is 0 Å². The zero-order chi connectivity index (χ0) is 19.7. The van der Waals surface area contributed by atoms with Gasteiger partial charge in [0, 0.05) is 18.8 Å². The molecule has 0 amide bonds. The molecule has 0 rings (SSSR count). The zero-order valence-electron chi connectivity index (χ0n) is 14.7. The van der Waals surface area contributed by atoms with Crippen LogP contribution in [0.25, 0.3) is 0 Å². The van der Waals surface area contributed by atoms with Crippen molar-refractivity contribution >= 4 is 36.1 Å². The monoisotopic (exact) mass is 386 g/mol. The van der Waals surface area contributed by atoms with Crippen LogP contribution >= 0.6 is 12.4 Å². The van der Waals surface area contributed by atoms with Crippen molar-refractivity contribution in [2.45, 2.75) is 37.8 Å². The number of quaternary nitrogens is 1. The van der Waals surface area contributed by atoms with E-state index in [-0.39, 0.29) is 31.8 Å². The molecule has 0 aliphatic heterocycles. The highest BCUT2D eigenvalue weighted by Gasteiger charge is 2.38. The largest absolute Gasteiger partial charge is 0.550 e. The van der Waals surface area contributed by atoms with Crippen molar-refractivity contribution in [2.75, 3.05) is 27.7 Å². The first-order valence-electron chi connectivity index (χ1n) is 7.04. The van der Waals surface area contributed by atoms with Gasteiger partial charge in [-0.3, -0.25) is 14.4 Å². The Balaban J connectivity index is -0.000000392. The number of hydrogen-bond donors (Lipinski definition) is 4. The molecule has 0 aromatic carbocycles. The van der Waals surface area contributed by atoms with E-state index in [0.717, 1.165) is 0 Å². The standard InChI is InChI=1S/C9H17NO4.C5H9NO4.ClH/c1-7(11)9(14,5-8(12)13)6-10(2,3)4;6-3(5(9)10)1-2-4(7)8;/h14H,5-6H2,1-4H3;3H,1-2,6H2,(H,7,8)(H,9,10);1H/t9-;3-;/m10./s1. The Morgan fingerprint density at radius 3 is 1.84 bits per heavy atom. The van der Waals surface area contributed by atoms with E-state index in [4.69, 9.17) is 15.9 Å². The number of carboxylic acid groups (broad SMARTS) is 3. The summed E-state index contributed by atoms with van der Waals surface area (Å²) in [5.41, 5.74) is 3.18. The summed E-state index contributed by atoms with van der Waals surface area (Å²) >= 11 is 0. The van der Waals surface area contributed by atoms with E-state index >= 15 is 0 Å². The average Bonchev–Trinajstić information content (AvgIpc) is 2.32. The topological polar surface area (TPSA) is 178 Å². The summed E-state index contributed by atoms with van der Waals surface area (Å²) in [7, 11) is 5.30. The first kappa shape index (κ1) is 28.1. The number of aliphatic hydroxyl groups is 1. The quantitative estimate of drug-likeness (QED) is 0.321. The van der Waals surface area contributed by atoms with Gasteiger partial charge in [0.25, 0.3) is 0 Å². The van der Waals surface area contributed by atoms with Gasteiger partial charge in [-0.25, -0.2) is 0 Å². The molecule has 0 aromatic heterocycles. The smallest absolute Gasteiger partial charge is 0.320 e. The van der Waals surface area contributed by atoms with Crippen molar-refractivity contribution in [1.82, 2.24) is 0 Å². The van der Waals surface area contributed by atoms with Crippen LogP contribution in [0.5, 0.6) is 0 Å². The lowest BCUT2D eigenvalue weighted by Gasteiger charge is -2.34. The molecule has 0 heterocycles. The lowest BCUT2D eigenvalue weighted by Crippen LogP contribution is -2.55. The van der Waals surface area contributed by atoms with Crippen molar-refractivity contribution in [1.29, 1.82) is 0 Å². The van der Waals surface area contributed by atoms with E-state index in [1.54, 1.807) is 21.1 Å². The van der Waals surface area contributed by atoms with Gasteiger partial charge in [-0.2, -0.15) is 0 Å². The molecule has 2 atom stereocenters. The minimum absolute atomic E-state index is 0. The highest BCUT2D eigenvalue weighted by atomic mass is 35.5. The number of aliphatic carboxylic acids is 3. The average molecular weight is 387 g/mol. The van der Waals surface area contributed by atoms with Crippen LogP contribution in [0, 0.1) is 0 Å².